The van der Waals surface area contributed by atoms with Crippen molar-refractivity contribution in [2.24, 2.45) is 0 Å². The van der Waals surface area contributed by atoms with Crippen molar-refractivity contribution in [1.29, 1.82) is 0 Å². The lowest BCUT2D eigenvalue weighted by Gasteiger charge is -2.05. The number of aromatic nitrogens is 4. The van der Waals surface area contributed by atoms with Gasteiger partial charge in [-0.15, -0.1) is 0 Å². The molecule has 0 aliphatic heterocycles. The second kappa shape index (κ2) is 8.31. The van der Waals surface area contributed by atoms with Crippen LogP contribution in [0.25, 0.3) is 44.3 Å². The Labute approximate surface area is 187 Å². The van der Waals surface area contributed by atoms with E-state index in [2.05, 4.69) is 95.2 Å². The number of hydrogen-bond acceptors (Lipinski definition) is 2. The van der Waals surface area contributed by atoms with Gasteiger partial charge in [0.2, 0.25) is 0 Å². The maximum atomic E-state index is 4.65. The molecule has 158 valence electrons. The number of fused-ring (bicyclic) bond motifs is 2. The van der Waals surface area contributed by atoms with Crippen molar-refractivity contribution < 1.29 is 0 Å². The van der Waals surface area contributed by atoms with Crippen LogP contribution in [0.2, 0.25) is 0 Å². The van der Waals surface area contributed by atoms with Gasteiger partial charge in [0.1, 0.15) is 5.69 Å². The highest BCUT2D eigenvalue weighted by Gasteiger charge is 2.15. The second-order valence-corrected chi connectivity index (χ2v) is 7.95. The smallest absolute Gasteiger partial charge is 0.116 e. The number of benzene rings is 1. The predicted octanol–water partition coefficient (Wildman–Crippen LogP) is 7.38. The van der Waals surface area contributed by atoms with Crippen LogP contribution in [0, 0.1) is 0 Å². The average molecular weight is 419 g/mol. The Morgan fingerprint density at radius 1 is 1.12 bits per heavy atom. The third kappa shape index (κ3) is 3.44. The molecule has 4 nitrogen and oxygen atoms in total. The lowest BCUT2D eigenvalue weighted by atomic mass is 9.99. The molecule has 0 saturated carbocycles. The molecular formula is C28H26N4. The van der Waals surface area contributed by atoms with Gasteiger partial charge in [0.25, 0.3) is 0 Å². The first-order valence-electron chi connectivity index (χ1n) is 11.0. The monoisotopic (exact) mass is 418 g/mol. The van der Waals surface area contributed by atoms with Gasteiger partial charge < -0.3 is 4.98 Å². The molecule has 4 aromatic rings. The van der Waals surface area contributed by atoms with Gasteiger partial charge in [-0.05, 0) is 66.3 Å². The van der Waals surface area contributed by atoms with E-state index in [0.717, 1.165) is 57.3 Å². The Morgan fingerprint density at radius 3 is 2.75 bits per heavy atom. The van der Waals surface area contributed by atoms with E-state index in [0.29, 0.717) is 0 Å². The molecule has 0 fully saturated rings. The fraction of sp³-hybridized carbons (Fsp3) is 0.143. The Hall–Kier alpha value is -3.92. The number of H-pyrrole nitrogens is 2. The van der Waals surface area contributed by atoms with E-state index in [9.17, 15) is 0 Å². The summed E-state index contributed by atoms with van der Waals surface area (Å²) < 4.78 is 0. The normalized spacial score (nSPS) is 14.5. The van der Waals surface area contributed by atoms with Crippen LogP contribution in [0.3, 0.4) is 0 Å². The van der Waals surface area contributed by atoms with Crippen molar-refractivity contribution in [3.63, 3.8) is 0 Å². The SMILES string of the molecule is C=C/C(=C\C(=C/C)c1ccc2[nH]nc(-c3cc4c(C5=CCC=C5)nccc4[nH]3)c2c1)CC. The molecule has 0 amide bonds. The summed E-state index contributed by atoms with van der Waals surface area (Å²) in [6, 6.07) is 10.6. The largest absolute Gasteiger partial charge is 0.353 e. The van der Waals surface area contributed by atoms with E-state index in [4.69, 9.17) is 0 Å². The number of hydrogen-bond donors (Lipinski definition) is 2. The van der Waals surface area contributed by atoms with Gasteiger partial charge in [0.15, 0.2) is 0 Å². The van der Waals surface area contributed by atoms with Crippen LogP contribution < -0.4 is 0 Å². The molecule has 1 aliphatic carbocycles. The van der Waals surface area contributed by atoms with Crippen LogP contribution in [0.1, 0.15) is 37.9 Å². The molecule has 1 aliphatic rings. The quantitative estimate of drug-likeness (QED) is 0.321. The molecule has 32 heavy (non-hydrogen) atoms. The minimum Gasteiger partial charge on any atom is -0.353 e. The third-order valence-corrected chi connectivity index (χ3v) is 6.07. The molecule has 3 aromatic heterocycles. The average Bonchev–Trinajstić information content (AvgIpc) is 3.58. The lowest BCUT2D eigenvalue weighted by Crippen LogP contribution is -1.85. The Balaban J connectivity index is 1.62. The topological polar surface area (TPSA) is 57.4 Å². The zero-order valence-electron chi connectivity index (χ0n) is 18.4. The van der Waals surface area contributed by atoms with Crippen molar-refractivity contribution in [1.82, 2.24) is 20.2 Å². The Kier molecular flexibility index (Phi) is 5.20. The van der Waals surface area contributed by atoms with Gasteiger partial charge in [0.05, 0.1) is 16.9 Å². The minimum atomic E-state index is 0.916. The number of nitrogens with zero attached hydrogens (tertiary/aromatic N) is 2. The lowest BCUT2D eigenvalue weighted by molar-refractivity contribution is 1.12. The summed E-state index contributed by atoms with van der Waals surface area (Å²) in [5, 5.41) is 10.0. The molecule has 3 heterocycles. The van der Waals surface area contributed by atoms with E-state index >= 15 is 0 Å². The molecular weight excluding hydrogens is 392 g/mol. The van der Waals surface area contributed by atoms with Gasteiger partial charge in [0, 0.05) is 22.5 Å². The fourth-order valence-corrected chi connectivity index (χ4v) is 4.28. The molecule has 4 heteroatoms. The van der Waals surface area contributed by atoms with Gasteiger partial charge >= 0.3 is 0 Å². The molecule has 0 atom stereocenters. The highest BCUT2D eigenvalue weighted by atomic mass is 15.1. The van der Waals surface area contributed by atoms with Crippen molar-refractivity contribution in [3.05, 3.63) is 96.4 Å². The van der Waals surface area contributed by atoms with Gasteiger partial charge in [-0.2, -0.15) is 5.10 Å². The molecule has 5 rings (SSSR count). The van der Waals surface area contributed by atoms with Crippen LogP contribution in [-0.4, -0.2) is 20.2 Å². The van der Waals surface area contributed by atoms with Gasteiger partial charge in [-0.25, -0.2) is 0 Å². The summed E-state index contributed by atoms with van der Waals surface area (Å²) in [5.41, 5.74) is 9.73. The second-order valence-electron chi connectivity index (χ2n) is 7.95. The summed E-state index contributed by atoms with van der Waals surface area (Å²) in [4.78, 5) is 8.20. The van der Waals surface area contributed by atoms with Crippen molar-refractivity contribution in [2.45, 2.75) is 26.7 Å². The summed E-state index contributed by atoms with van der Waals surface area (Å²) in [5.74, 6) is 0. The Bertz CT molecular complexity index is 1450. The number of pyridine rings is 1. The standard InChI is InChI=1S/C28H26N4/c1-4-18(5-2)15-19(6-3)21-11-12-25-22(16-21)28(32-31-25)26-17-23-24(30-26)13-14-29-27(23)20-9-7-8-10-20/h4,6-7,9-17,30H,1,5,8H2,2-3H3,(H,31,32)/b18-15+,19-6+. The first kappa shape index (κ1) is 20.0. The molecule has 1 aromatic carbocycles. The van der Waals surface area contributed by atoms with Crippen LogP contribution in [0.5, 0.6) is 0 Å². The van der Waals surface area contributed by atoms with E-state index in [-0.39, 0.29) is 0 Å². The van der Waals surface area contributed by atoms with Gasteiger partial charge in [-0.3, -0.25) is 10.1 Å². The first-order chi connectivity index (χ1) is 15.7. The van der Waals surface area contributed by atoms with Crippen molar-refractivity contribution >= 4 is 33.0 Å². The van der Waals surface area contributed by atoms with Crippen molar-refractivity contribution in [3.8, 4) is 11.4 Å². The van der Waals surface area contributed by atoms with E-state index < -0.39 is 0 Å². The predicted molar refractivity (Wildman–Crippen MR) is 135 cm³/mol. The zero-order chi connectivity index (χ0) is 22.1. The van der Waals surface area contributed by atoms with Crippen molar-refractivity contribution in [2.75, 3.05) is 0 Å². The van der Waals surface area contributed by atoms with Crippen LogP contribution >= 0.6 is 0 Å². The molecule has 0 unspecified atom stereocenters. The molecule has 0 radical (unpaired) electrons. The Morgan fingerprint density at radius 2 is 2.00 bits per heavy atom. The third-order valence-electron chi connectivity index (χ3n) is 6.07. The van der Waals surface area contributed by atoms with E-state index in [1.807, 2.05) is 18.3 Å². The minimum absolute atomic E-state index is 0.916. The summed E-state index contributed by atoms with van der Waals surface area (Å²) in [6.07, 6.45) is 16.6. The number of aromatic amines is 2. The highest BCUT2D eigenvalue weighted by Crippen LogP contribution is 2.34. The summed E-state index contributed by atoms with van der Waals surface area (Å²) in [7, 11) is 0. The molecule has 0 spiro atoms. The maximum absolute atomic E-state index is 4.65. The van der Waals surface area contributed by atoms with Gasteiger partial charge in [-0.1, -0.05) is 56.0 Å². The summed E-state index contributed by atoms with van der Waals surface area (Å²) >= 11 is 0. The van der Waals surface area contributed by atoms with Crippen LogP contribution in [-0.2, 0) is 0 Å². The molecule has 2 N–H and O–H groups in total. The number of nitrogens with one attached hydrogen (secondary N) is 2. The van der Waals surface area contributed by atoms with Crippen LogP contribution in [0.4, 0.5) is 0 Å². The van der Waals surface area contributed by atoms with E-state index in [1.165, 1.54) is 16.7 Å². The number of rotatable bonds is 6. The molecule has 0 bridgehead atoms. The maximum Gasteiger partial charge on any atom is 0.116 e. The van der Waals surface area contributed by atoms with E-state index in [1.54, 1.807) is 0 Å². The fourth-order valence-electron chi connectivity index (χ4n) is 4.28. The summed E-state index contributed by atoms with van der Waals surface area (Å²) in [6.45, 7) is 8.15. The number of allylic oxidation sites excluding steroid dienone is 9. The molecule has 0 saturated heterocycles. The van der Waals surface area contributed by atoms with Crippen LogP contribution in [0.15, 0.2) is 85.1 Å². The first-order valence-corrected chi connectivity index (χ1v) is 11.0. The highest BCUT2D eigenvalue weighted by molar-refractivity contribution is 6.00. The zero-order valence-corrected chi connectivity index (χ0v) is 18.4.